The van der Waals surface area contributed by atoms with Crippen molar-refractivity contribution >= 4 is 11.7 Å². The van der Waals surface area contributed by atoms with Crippen LogP contribution < -0.4 is 10.6 Å². The zero-order valence-electron chi connectivity index (χ0n) is 14.0. The van der Waals surface area contributed by atoms with Gasteiger partial charge in [-0.3, -0.25) is 4.68 Å². The second kappa shape index (κ2) is 7.05. The molecule has 1 aliphatic rings. The second-order valence-corrected chi connectivity index (χ2v) is 6.65. The van der Waals surface area contributed by atoms with Crippen molar-refractivity contribution in [2.24, 2.45) is 0 Å². The van der Waals surface area contributed by atoms with Crippen LogP contribution in [0.25, 0.3) is 0 Å². The van der Waals surface area contributed by atoms with Crippen LogP contribution in [0.5, 0.6) is 0 Å². The standard InChI is InChI=1S/C18H24N4O2/c1-14-10-20-22(11-14)12-15-4-6-16(7-5-15)21-17(23)19-13-18(24)8-2-3-9-18/h4-7,10-11,24H,2-3,8-9,12-13H2,1H3,(H2,19,21,23). The number of anilines is 1. The van der Waals surface area contributed by atoms with Gasteiger partial charge in [-0.15, -0.1) is 0 Å². The maximum atomic E-state index is 11.9. The number of nitrogens with zero attached hydrogens (tertiary/aromatic N) is 2. The summed E-state index contributed by atoms with van der Waals surface area (Å²) in [6, 6.07) is 7.39. The third kappa shape index (κ3) is 4.35. The van der Waals surface area contributed by atoms with Gasteiger partial charge < -0.3 is 15.7 Å². The zero-order valence-corrected chi connectivity index (χ0v) is 14.0. The number of nitrogens with one attached hydrogen (secondary N) is 2. The summed E-state index contributed by atoms with van der Waals surface area (Å²) in [5, 5.41) is 20.0. The summed E-state index contributed by atoms with van der Waals surface area (Å²) in [7, 11) is 0. The molecular weight excluding hydrogens is 304 g/mol. The van der Waals surface area contributed by atoms with Gasteiger partial charge in [0.25, 0.3) is 0 Å². The Morgan fingerprint density at radius 2 is 2.00 bits per heavy atom. The van der Waals surface area contributed by atoms with Crippen LogP contribution in [0.1, 0.15) is 36.8 Å². The number of hydrogen-bond donors (Lipinski definition) is 3. The first kappa shape index (κ1) is 16.5. The number of hydrogen-bond acceptors (Lipinski definition) is 3. The fourth-order valence-corrected chi connectivity index (χ4v) is 3.06. The van der Waals surface area contributed by atoms with Gasteiger partial charge in [-0.2, -0.15) is 5.10 Å². The van der Waals surface area contributed by atoms with E-state index in [1.165, 1.54) is 0 Å². The first-order valence-electron chi connectivity index (χ1n) is 8.38. The number of urea groups is 1. The number of amides is 2. The lowest BCUT2D eigenvalue weighted by molar-refractivity contribution is 0.0506. The average Bonchev–Trinajstić information content (AvgIpc) is 3.17. The monoisotopic (exact) mass is 328 g/mol. The number of aryl methyl sites for hydroxylation is 1. The van der Waals surface area contributed by atoms with Crippen LogP contribution in [0.2, 0.25) is 0 Å². The van der Waals surface area contributed by atoms with Crippen LogP contribution >= 0.6 is 0 Å². The molecule has 3 rings (SSSR count). The lowest BCUT2D eigenvalue weighted by atomic mass is 10.0. The molecule has 6 heteroatoms. The van der Waals surface area contributed by atoms with E-state index in [1.807, 2.05) is 48.3 Å². The number of benzene rings is 1. The van der Waals surface area contributed by atoms with Crippen LogP contribution in [0.4, 0.5) is 10.5 Å². The van der Waals surface area contributed by atoms with Crippen molar-refractivity contribution in [2.45, 2.75) is 44.8 Å². The lowest BCUT2D eigenvalue weighted by Crippen LogP contribution is -2.42. The van der Waals surface area contributed by atoms with E-state index in [1.54, 1.807) is 0 Å². The first-order valence-corrected chi connectivity index (χ1v) is 8.38. The van der Waals surface area contributed by atoms with E-state index in [-0.39, 0.29) is 6.03 Å². The molecule has 0 saturated heterocycles. The van der Waals surface area contributed by atoms with E-state index >= 15 is 0 Å². The molecule has 0 bridgehead atoms. The Labute approximate surface area is 141 Å². The summed E-state index contributed by atoms with van der Waals surface area (Å²) in [6.07, 6.45) is 7.39. The average molecular weight is 328 g/mol. The molecule has 1 fully saturated rings. The van der Waals surface area contributed by atoms with Gasteiger partial charge in [0.1, 0.15) is 0 Å². The molecule has 24 heavy (non-hydrogen) atoms. The summed E-state index contributed by atoms with van der Waals surface area (Å²) in [5.41, 5.74) is 2.24. The Bertz CT molecular complexity index is 687. The van der Waals surface area contributed by atoms with Gasteiger partial charge in [-0.05, 0) is 43.0 Å². The highest BCUT2D eigenvalue weighted by Crippen LogP contribution is 2.28. The van der Waals surface area contributed by atoms with Gasteiger partial charge in [0.2, 0.25) is 0 Å². The fraction of sp³-hybridized carbons (Fsp3) is 0.444. The Balaban J connectivity index is 1.49. The van der Waals surface area contributed by atoms with Crippen molar-refractivity contribution in [2.75, 3.05) is 11.9 Å². The number of aliphatic hydroxyl groups is 1. The predicted molar refractivity (Wildman–Crippen MR) is 92.9 cm³/mol. The van der Waals surface area contributed by atoms with Gasteiger partial charge in [0, 0.05) is 18.4 Å². The van der Waals surface area contributed by atoms with E-state index in [9.17, 15) is 9.90 Å². The second-order valence-electron chi connectivity index (χ2n) is 6.65. The fourth-order valence-electron chi connectivity index (χ4n) is 3.06. The molecule has 0 spiro atoms. The molecule has 1 aromatic heterocycles. The van der Waals surface area contributed by atoms with Crippen LogP contribution in [-0.4, -0.2) is 33.1 Å². The molecule has 0 unspecified atom stereocenters. The molecule has 0 atom stereocenters. The van der Waals surface area contributed by atoms with Crippen molar-refractivity contribution in [1.82, 2.24) is 15.1 Å². The van der Waals surface area contributed by atoms with E-state index in [2.05, 4.69) is 15.7 Å². The van der Waals surface area contributed by atoms with E-state index < -0.39 is 5.60 Å². The molecule has 1 aliphatic carbocycles. The van der Waals surface area contributed by atoms with Crippen LogP contribution in [0, 0.1) is 6.92 Å². The van der Waals surface area contributed by atoms with Gasteiger partial charge in [-0.25, -0.2) is 4.79 Å². The Morgan fingerprint density at radius 3 is 2.62 bits per heavy atom. The summed E-state index contributed by atoms with van der Waals surface area (Å²) >= 11 is 0. The highest BCUT2D eigenvalue weighted by molar-refractivity contribution is 5.89. The molecule has 1 saturated carbocycles. The number of carbonyl (C=O) groups excluding carboxylic acids is 1. The Morgan fingerprint density at radius 1 is 1.29 bits per heavy atom. The topological polar surface area (TPSA) is 79.2 Å². The minimum atomic E-state index is -0.733. The zero-order chi connectivity index (χ0) is 17.0. The van der Waals surface area contributed by atoms with Crippen LogP contribution in [-0.2, 0) is 6.54 Å². The van der Waals surface area contributed by atoms with Crippen molar-refractivity contribution in [1.29, 1.82) is 0 Å². The molecule has 1 aromatic carbocycles. The van der Waals surface area contributed by atoms with Gasteiger partial charge in [-0.1, -0.05) is 25.0 Å². The largest absolute Gasteiger partial charge is 0.388 e. The van der Waals surface area contributed by atoms with E-state index in [4.69, 9.17) is 0 Å². The molecule has 1 heterocycles. The maximum absolute atomic E-state index is 11.9. The molecule has 2 aromatic rings. The van der Waals surface area contributed by atoms with Crippen LogP contribution in [0.15, 0.2) is 36.7 Å². The van der Waals surface area contributed by atoms with Crippen molar-refractivity contribution in [3.63, 3.8) is 0 Å². The molecule has 0 radical (unpaired) electrons. The number of aromatic nitrogens is 2. The minimum absolute atomic E-state index is 0.286. The predicted octanol–water partition coefficient (Wildman–Crippen LogP) is 2.67. The normalized spacial score (nSPS) is 16.1. The quantitative estimate of drug-likeness (QED) is 0.789. The lowest BCUT2D eigenvalue weighted by Gasteiger charge is -2.22. The summed E-state index contributed by atoms with van der Waals surface area (Å²) in [4.78, 5) is 11.9. The number of carbonyl (C=O) groups is 1. The SMILES string of the molecule is Cc1cnn(Cc2ccc(NC(=O)NCC3(O)CCCC3)cc2)c1. The van der Waals surface area contributed by atoms with Crippen molar-refractivity contribution in [3.05, 3.63) is 47.8 Å². The van der Waals surface area contributed by atoms with Crippen LogP contribution in [0.3, 0.4) is 0 Å². The van der Waals surface area contributed by atoms with Gasteiger partial charge in [0.05, 0.1) is 18.3 Å². The minimum Gasteiger partial charge on any atom is -0.388 e. The molecule has 6 nitrogen and oxygen atoms in total. The molecule has 0 aliphatic heterocycles. The molecule has 2 amide bonds. The number of rotatable bonds is 5. The smallest absolute Gasteiger partial charge is 0.319 e. The summed E-state index contributed by atoms with van der Waals surface area (Å²) < 4.78 is 1.88. The Kier molecular flexibility index (Phi) is 4.85. The highest BCUT2D eigenvalue weighted by Gasteiger charge is 2.31. The highest BCUT2D eigenvalue weighted by atomic mass is 16.3. The maximum Gasteiger partial charge on any atom is 0.319 e. The third-order valence-corrected chi connectivity index (χ3v) is 4.43. The van der Waals surface area contributed by atoms with Crippen molar-refractivity contribution in [3.8, 4) is 0 Å². The van der Waals surface area contributed by atoms with Gasteiger partial charge in [0.15, 0.2) is 0 Å². The van der Waals surface area contributed by atoms with E-state index in [0.29, 0.717) is 13.1 Å². The summed E-state index contributed by atoms with van der Waals surface area (Å²) in [5.74, 6) is 0. The first-order chi connectivity index (χ1) is 11.5. The summed E-state index contributed by atoms with van der Waals surface area (Å²) in [6.45, 7) is 3.01. The third-order valence-electron chi connectivity index (χ3n) is 4.43. The molecular formula is C18H24N4O2. The van der Waals surface area contributed by atoms with E-state index in [0.717, 1.165) is 42.5 Å². The van der Waals surface area contributed by atoms with Crippen molar-refractivity contribution < 1.29 is 9.90 Å². The van der Waals surface area contributed by atoms with Gasteiger partial charge >= 0.3 is 6.03 Å². The Hall–Kier alpha value is -2.34. The molecule has 3 N–H and O–H groups in total. The molecule has 128 valence electrons.